The number of nitrogens with zero attached hydrogens (tertiary/aromatic N) is 2. The third kappa shape index (κ3) is 7.48. The van der Waals surface area contributed by atoms with Crippen LogP contribution >= 0.6 is 0 Å². The summed E-state index contributed by atoms with van der Waals surface area (Å²) in [4.78, 5) is 40.4. The van der Waals surface area contributed by atoms with Crippen LogP contribution in [-0.4, -0.2) is 47.2 Å². The van der Waals surface area contributed by atoms with Crippen LogP contribution in [0.25, 0.3) is 0 Å². The molecule has 0 radical (unpaired) electrons. The van der Waals surface area contributed by atoms with E-state index < -0.39 is 0 Å². The van der Waals surface area contributed by atoms with Gasteiger partial charge < -0.3 is 5.11 Å². The molecule has 0 spiro atoms. The predicted octanol–water partition coefficient (Wildman–Crippen LogP) is 4.91. The summed E-state index contributed by atoms with van der Waals surface area (Å²) >= 11 is 0. The fourth-order valence-electron chi connectivity index (χ4n) is 5.66. The Balaban J connectivity index is 0.000000360. The molecular formula is C32H37N3O4. The molecule has 2 heterocycles. The maximum Gasteiger partial charge on any atom is 0.230 e. The van der Waals surface area contributed by atoms with Crippen LogP contribution in [0.4, 0.5) is 0 Å². The first-order valence-corrected chi connectivity index (χ1v) is 13.1. The van der Waals surface area contributed by atoms with Gasteiger partial charge in [0.15, 0.2) is 0 Å². The van der Waals surface area contributed by atoms with E-state index in [0.29, 0.717) is 24.7 Å². The first kappa shape index (κ1) is 29.5. The normalized spacial score (nSPS) is 23.0. The standard InChI is InChI=1S/C24H27N3O2.C8H10O2/c1-16-20(24(29)26-15-28)12-19(11-17-7-6-10-25-13-17)21-14-27(2)23(22(16)21)18-8-4-3-5-9-18;1-3-8(6-9)5-4-7(2)10/h3-10,13,15-16,20,22-23H,11-12,14H2,1-2H3,(H,26,28,29);3-6,10H,2H2,1H3/b;5-4-,8-3+. The van der Waals surface area contributed by atoms with Gasteiger partial charge >= 0.3 is 0 Å². The average Bonchev–Trinajstić information content (AvgIpc) is 3.30. The Hall–Kier alpha value is -4.10. The van der Waals surface area contributed by atoms with E-state index in [2.05, 4.69) is 66.1 Å². The number of imide groups is 1. The van der Waals surface area contributed by atoms with Crippen LogP contribution in [0.15, 0.2) is 102 Å². The zero-order chi connectivity index (χ0) is 28.4. The zero-order valence-corrected chi connectivity index (χ0v) is 22.8. The molecule has 1 aromatic carbocycles. The Labute approximate surface area is 230 Å². The molecule has 1 fully saturated rings. The first-order chi connectivity index (χ1) is 18.8. The number of nitrogens with one attached hydrogen (secondary N) is 1. The number of aldehydes is 1. The SMILES string of the molecule is C=C(O)/C=C\C(C=O)=C/C.CC1C(C(=O)NC=O)CC(Cc2cccnc2)=C2CN(C)C(c3ccccc3)C21. The minimum atomic E-state index is -0.210. The molecule has 2 aromatic rings. The molecule has 7 heteroatoms. The van der Waals surface area contributed by atoms with Gasteiger partial charge in [0.2, 0.25) is 12.3 Å². The number of likely N-dealkylation sites (tertiary alicyclic amines) is 1. The summed E-state index contributed by atoms with van der Waals surface area (Å²) in [7, 11) is 2.16. The Kier molecular flexibility index (Phi) is 10.7. The highest BCUT2D eigenvalue weighted by Gasteiger charge is 2.47. The second-order valence-corrected chi connectivity index (χ2v) is 9.99. The van der Waals surface area contributed by atoms with Crippen molar-refractivity contribution in [1.82, 2.24) is 15.2 Å². The molecule has 1 aliphatic heterocycles. The van der Waals surface area contributed by atoms with Crippen LogP contribution in [0.2, 0.25) is 0 Å². The van der Waals surface area contributed by atoms with E-state index >= 15 is 0 Å². The fourth-order valence-corrected chi connectivity index (χ4v) is 5.66. The summed E-state index contributed by atoms with van der Waals surface area (Å²) in [5.41, 5.74) is 5.73. The second kappa shape index (κ2) is 14.2. The van der Waals surface area contributed by atoms with E-state index in [1.165, 1.54) is 28.9 Å². The zero-order valence-electron chi connectivity index (χ0n) is 22.8. The van der Waals surface area contributed by atoms with Crippen molar-refractivity contribution in [2.24, 2.45) is 17.8 Å². The van der Waals surface area contributed by atoms with Gasteiger partial charge in [0, 0.05) is 42.4 Å². The lowest BCUT2D eigenvalue weighted by Gasteiger charge is -2.38. The molecule has 7 nitrogen and oxygen atoms in total. The van der Waals surface area contributed by atoms with Crippen molar-refractivity contribution < 1.29 is 19.5 Å². The van der Waals surface area contributed by atoms with Gasteiger partial charge in [-0.15, -0.1) is 0 Å². The van der Waals surface area contributed by atoms with Gasteiger partial charge in [-0.25, -0.2) is 0 Å². The van der Waals surface area contributed by atoms with Crippen LogP contribution < -0.4 is 5.32 Å². The molecule has 204 valence electrons. The van der Waals surface area contributed by atoms with Gasteiger partial charge in [-0.05, 0) is 62.1 Å². The number of fused-ring (bicyclic) bond motifs is 1. The molecule has 2 N–H and O–H groups in total. The predicted molar refractivity (Wildman–Crippen MR) is 152 cm³/mol. The Morgan fingerprint density at radius 1 is 1.18 bits per heavy atom. The molecule has 0 saturated carbocycles. The average molecular weight is 528 g/mol. The molecule has 4 unspecified atom stereocenters. The highest BCUT2D eigenvalue weighted by Crippen LogP contribution is 2.51. The highest BCUT2D eigenvalue weighted by atomic mass is 16.3. The summed E-state index contributed by atoms with van der Waals surface area (Å²) < 4.78 is 0. The largest absolute Gasteiger partial charge is 0.509 e. The van der Waals surface area contributed by atoms with Gasteiger partial charge in [-0.3, -0.25) is 29.6 Å². The summed E-state index contributed by atoms with van der Waals surface area (Å²) in [6, 6.07) is 14.8. The summed E-state index contributed by atoms with van der Waals surface area (Å²) in [6.45, 7) is 8.04. The number of amides is 2. The number of benzene rings is 1. The van der Waals surface area contributed by atoms with E-state index in [0.717, 1.165) is 18.5 Å². The Morgan fingerprint density at radius 2 is 1.92 bits per heavy atom. The van der Waals surface area contributed by atoms with E-state index in [9.17, 15) is 14.4 Å². The fraction of sp³-hybridized carbons (Fsp3) is 0.312. The van der Waals surface area contributed by atoms with Crippen LogP contribution in [-0.2, 0) is 20.8 Å². The van der Waals surface area contributed by atoms with E-state index in [1.807, 2.05) is 18.3 Å². The summed E-state index contributed by atoms with van der Waals surface area (Å²) in [5.74, 6) is -0.0286. The second-order valence-electron chi connectivity index (χ2n) is 9.99. The van der Waals surface area contributed by atoms with Crippen molar-refractivity contribution in [1.29, 1.82) is 0 Å². The Morgan fingerprint density at radius 3 is 2.51 bits per heavy atom. The number of likely N-dealkylation sites (N-methyl/N-ethyl adjacent to an activating group) is 1. The number of rotatable bonds is 8. The monoisotopic (exact) mass is 527 g/mol. The lowest BCUT2D eigenvalue weighted by molar-refractivity contribution is -0.130. The molecule has 4 atom stereocenters. The number of aliphatic hydroxyl groups is 1. The molecule has 2 amide bonds. The number of hydrogen-bond donors (Lipinski definition) is 2. The van der Waals surface area contributed by atoms with Crippen molar-refractivity contribution in [2.45, 2.75) is 32.7 Å². The quantitative estimate of drug-likeness (QED) is 0.166. The van der Waals surface area contributed by atoms with Gasteiger partial charge in [-0.2, -0.15) is 0 Å². The van der Waals surface area contributed by atoms with Crippen molar-refractivity contribution in [3.05, 3.63) is 113 Å². The van der Waals surface area contributed by atoms with Crippen LogP contribution in [0.5, 0.6) is 0 Å². The Bertz CT molecular complexity index is 1250. The maximum atomic E-state index is 12.7. The third-order valence-corrected chi connectivity index (χ3v) is 7.52. The summed E-state index contributed by atoms with van der Waals surface area (Å²) in [6.07, 6.45) is 10.9. The molecule has 0 bridgehead atoms. The van der Waals surface area contributed by atoms with Crippen molar-refractivity contribution in [3.63, 3.8) is 0 Å². The van der Waals surface area contributed by atoms with Crippen molar-refractivity contribution in [2.75, 3.05) is 13.6 Å². The number of carbonyl (C=O) groups excluding carboxylic acids is 3. The number of aromatic nitrogens is 1. The first-order valence-electron chi connectivity index (χ1n) is 13.1. The topological polar surface area (TPSA) is 99.6 Å². The van der Waals surface area contributed by atoms with Gasteiger partial charge in [-0.1, -0.05) is 67.1 Å². The summed E-state index contributed by atoms with van der Waals surface area (Å²) in [5, 5.41) is 11.0. The number of allylic oxidation sites excluding steroid dienone is 5. The number of aliphatic hydroxyl groups excluding tert-OH is 1. The third-order valence-electron chi connectivity index (χ3n) is 7.52. The molecule has 1 aromatic heterocycles. The lowest BCUT2D eigenvalue weighted by Crippen LogP contribution is -2.40. The maximum absolute atomic E-state index is 12.7. The van der Waals surface area contributed by atoms with Gasteiger partial charge in [0.05, 0.1) is 0 Å². The van der Waals surface area contributed by atoms with E-state index in [-0.39, 0.29) is 35.5 Å². The van der Waals surface area contributed by atoms with E-state index in [4.69, 9.17) is 5.11 Å². The highest BCUT2D eigenvalue weighted by molar-refractivity contribution is 5.88. The lowest BCUT2D eigenvalue weighted by atomic mass is 9.66. The number of pyridine rings is 1. The van der Waals surface area contributed by atoms with Crippen LogP contribution in [0.1, 0.15) is 37.4 Å². The minimum absolute atomic E-state index is 0.0544. The van der Waals surface area contributed by atoms with Crippen LogP contribution in [0, 0.1) is 17.8 Å². The van der Waals surface area contributed by atoms with Crippen molar-refractivity contribution in [3.8, 4) is 0 Å². The molecule has 2 aliphatic rings. The van der Waals surface area contributed by atoms with E-state index in [1.54, 1.807) is 19.2 Å². The molecular weight excluding hydrogens is 490 g/mol. The number of hydrogen-bond acceptors (Lipinski definition) is 6. The molecule has 4 rings (SSSR count). The minimum Gasteiger partial charge on any atom is -0.509 e. The van der Waals surface area contributed by atoms with Gasteiger partial charge in [0.1, 0.15) is 12.0 Å². The van der Waals surface area contributed by atoms with Crippen molar-refractivity contribution >= 4 is 18.6 Å². The van der Waals surface area contributed by atoms with Gasteiger partial charge in [0.25, 0.3) is 0 Å². The molecule has 1 saturated heterocycles. The molecule has 39 heavy (non-hydrogen) atoms. The molecule has 1 aliphatic carbocycles. The smallest absolute Gasteiger partial charge is 0.230 e. The number of carbonyl (C=O) groups is 3. The van der Waals surface area contributed by atoms with Crippen LogP contribution in [0.3, 0.4) is 0 Å².